The van der Waals surface area contributed by atoms with E-state index in [9.17, 15) is 18.0 Å². The van der Waals surface area contributed by atoms with Crippen molar-refractivity contribution in [2.24, 2.45) is 0 Å². The number of ether oxygens (including phenoxy) is 1. The highest BCUT2D eigenvalue weighted by molar-refractivity contribution is 6.30. The van der Waals surface area contributed by atoms with Crippen molar-refractivity contribution in [2.75, 3.05) is 13.1 Å². The number of rotatable bonds is 9. The summed E-state index contributed by atoms with van der Waals surface area (Å²) in [6.07, 6.45) is -4.07. The Morgan fingerprint density at radius 2 is 1.47 bits per heavy atom. The van der Waals surface area contributed by atoms with E-state index in [1.165, 1.54) is 5.56 Å². The first-order valence-electron chi connectivity index (χ1n) is 8.76. The Bertz CT molecular complexity index is 796. The Hall–Kier alpha value is -2.78. The molecule has 2 rings (SSSR count). The fourth-order valence-electron chi connectivity index (χ4n) is 2.05. The van der Waals surface area contributed by atoms with Crippen molar-refractivity contribution in [1.29, 1.82) is 0 Å². The van der Waals surface area contributed by atoms with Crippen LogP contribution in [0.3, 0.4) is 0 Å². The number of carboxylic acids is 2. The Morgan fingerprint density at radius 3 is 1.97 bits per heavy atom. The van der Waals surface area contributed by atoms with E-state index in [1.54, 1.807) is 0 Å². The van der Waals surface area contributed by atoms with Crippen LogP contribution in [0.5, 0.6) is 5.75 Å². The number of carbonyl (C=O) groups is 2. The van der Waals surface area contributed by atoms with Crippen LogP contribution in [0.1, 0.15) is 17.5 Å². The zero-order valence-corrected chi connectivity index (χ0v) is 16.5. The van der Waals surface area contributed by atoms with Crippen LogP contribution in [0.2, 0.25) is 5.02 Å². The van der Waals surface area contributed by atoms with Crippen molar-refractivity contribution in [3.8, 4) is 5.75 Å². The summed E-state index contributed by atoms with van der Waals surface area (Å²) >= 11 is 5.85. The van der Waals surface area contributed by atoms with Crippen molar-refractivity contribution in [3.63, 3.8) is 0 Å². The molecule has 0 radical (unpaired) electrons. The maximum Gasteiger partial charge on any atom is 0.490 e. The normalized spacial score (nSPS) is 10.7. The van der Waals surface area contributed by atoms with Crippen LogP contribution in [0, 0.1) is 0 Å². The van der Waals surface area contributed by atoms with Gasteiger partial charge in [0.15, 0.2) is 0 Å². The molecule has 0 amide bonds. The minimum absolute atomic E-state index is 0.150. The van der Waals surface area contributed by atoms with Gasteiger partial charge in [-0.25, -0.2) is 4.79 Å². The monoisotopic (exact) mass is 447 g/mol. The van der Waals surface area contributed by atoms with Crippen LogP contribution in [-0.2, 0) is 22.6 Å². The molecule has 3 N–H and O–H groups in total. The maximum absolute atomic E-state index is 10.6. The van der Waals surface area contributed by atoms with Gasteiger partial charge in [0, 0.05) is 11.6 Å². The molecule has 0 fully saturated rings. The third kappa shape index (κ3) is 11.3. The zero-order chi connectivity index (χ0) is 22.6. The van der Waals surface area contributed by atoms with E-state index in [2.05, 4.69) is 5.32 Å². The number of nitrogens with one attached hydrogen (secondary N) is 1. The molecule has 6 nitrogen and oxygen atoms in total. The maximum atomic E-state index is 10.6. The minimum atomic E-state index is -5.08. The van der Waals surface area contributed by atoms with E-state index < -0.39 is 18.1 Å². The SMILES string of the molecule is O=C(O)C(F)(F)F.O=C(O)CCNCCc1ccc(OCc2ccc(Cl)cc2)cc1. The first-order chi connectivity index (χ1) is 14.1. The molecule has 0 aliphatic heterocycles. The van der Waals surface area contributed by atoms with Crippen LogP contribution < -0.4 is 10.1 Å². The summed E-state index contributed by atoms with van der Waals surface area (Å²) in [5, 5.41) is 19.5. The van der Waals surface area contributed by atoms with Gasteiger partial charge in [-0.3, -0.25) is 4.79 Å². The molecule has 0 unspecified atom stereocenters. The molecule has 2 aromatic rings. The Labute approximate surface area is 176 Å². The summed E-state index contributed by atoms with van der Waals surface area (Å²) in [6.45, 7) is 1.77. The molecule has 0 aliphatic carbocycles. The molecular weight excluding hydrogens is 427 g/mol. The van der Waals surface area contributed by atoms with Crippen molar-refractivity contribution >= 4 is 23.5 Å². The molecule has 0 bridgehead atoms. The number of hydrogen-bond donors (Lipinski definition) is 3. The van der Waals surface area contributed by atoms with Gasteiger partial charge in [0.2, 0.25) is 0 Å². The summed E-state index contributed by atoms with van der Waals surface area (Å²) in [7, 11) is 0. The van der Waals surface area contributed by atoms with Gasteiger partial charge in [0.05, 0.1) is 6.42 Å². The van der Waals surface area contributed by atoms with Crippen molar-refractivity contribution < 1.29 is 37.7 Å². The second-order valence-electron chi connectivity index (χ2n) is 6.01. The van der Waals surface area contributed by atoms with Gasteiger partial charge in [-0.15, -0.1) is 0 Å². The molecule has 164 valence electrons. The highest BCUT2D eigenvalue weighted by Gasteiger charge is 2.38. The number of alkyl halides is 3. The molecule has 0 spiro atoms. The second kappa shape index (κ2) is 12.7. The van der Waals surface area contributed by atoms with Gasteiger partial charge in [0.25, 0.3) is 0 Å². The lowest BCUT2D eigenvalue weighted by Gasteiger charge is -2.08. The molecule has 0 atom stereocenters. The summed E-state index contributed by atoms with van der Waals surface area (Å²) in [5.41, 5.74) is 2.26. The van der Waals surface area contributed by atoms with E-state index in [0.717, 1.165) is 29.3 Å². The van der Waals surface area contributed by atoms with E-state index >= 15 is 0 Å². The van der Waals surface area contributed by atoms with Gasteiger partial charge in [-0.1, -0.05) is 35.9 Å². The van der Waals surface area contributed by atoms with Gasteiger partial charge in [-0.05, 0) is 48.4 Å². The third-order valence-electron chi connectivity index (χ3n) is 3.59. The molecular formula is C20H21ClF3NO5. The third-order valence-corrected chi connectivity index (χ3v) is 3.84. The Kier molecular flexibility index (Phi) is 10.7. The molecule has 30 heavy (non-hydrogen) atoms. The fraction of sp³-hybridized carbons (Fsp3) is 0.300. The smallest absolute Gasteiger partial charge is 0.489 e. The van der Waals surface area contributed by atoms with Gasteiger partial charge < -0.3 is 20.3 Å². The molecule has 0 heterocycles. The highest BCUT2D eigenvalue weighted by atomic mass is 35.5. The average Bonchev–Trinajstić information content (AvgIpc) is 2.68. The fourth-order valence-corrected chi connectivity index (χ4v) is 2.18. The number of benzene rings is 2. The lowest BCUT2D eigenvalue weighted by molar-refractivity contribution is -0.192. The predicted octanol–water partition coefficient (Wildman–Crippen LogP) is 4.16. The lowest BCUT2D eigenvalue weighted by atomic mass is 10.1. The van der Waals surface area contributed by atoms with E-state index in [-0.39, 0.29) is 6.42 Å². The van der Waals surface area contributed by atoms with Crippen molar-refractivity contribution in [3.05, 3.63) is 64.7 Å². The standard InChI is InChI=1S/C18H20ClNO3.C2HF3O2/c19-16-5-1-15(2-6-16)13-23-17-7-3-14(4-8-17)9-11-20-12-10-18(21)22;3-2(4,5)1(6)7/h1-8,20H,9-13H2,(H,21,22);(H,6,7). The quantitative estimate of drug-likeness (QED) is 0.499. The van der Waals surface area contributed by atoms with Crippen molar-refractivity contribution in [2.45, 2.75) is 25.6 Å². The molecule has 0 saturated heterocycles. The molecule has 10 heteroatoms. The highest BCUT2D eigenvalue weighted by Crippen LogP contribution is 2.16. The van der Waals surface area contributed by atoms with Crippen molar-refractivity contribution in [1.82, 2.24) is 5.32 Å². The Balaban J connectivity index is 0.000000553. The van der Waals surface area contributed by atoms with E-state index in [1.807, 2.05) is 48.5 Å². The lowest BCUT2D eigenvalue weighted by Crippen LogP contribution is -2.21. The number of halogens is 4. The molecule has 0 aliphatic rings. The first-order valence-corrected chi connectivity index (χ1v) is 9.14. The van der Waals surface area contributed by atoms with Crippen LogP contribution in [0.15, 0.2) is 48.5 Å². The molecule has 2 aromatic carbocycles. The van der Waals surface area contributed by atoms with Crippen LogP contribution >= 0.6 is 11.6 Å². The summed E-state index contributed by atoms with van der Waals surface area (Å²) in [5.74, 6) is -2.71. The average molecular weight is 448 g/mol. The first kappa shape index (κ1) is 25.3. The summed E-state index contributed by atoms with van der Waals surface area (Å²) in [6, 6.07) is 15.5. The number of hydrogen-bond acceptors (Lipinski definition) is 4. The largest absolute Gasteiger partial charge is 0.490 e. The number of carboxylic acid groups (broad SMARTS) is 2. The second-order valence-corrected chi connectivity index (χ2v) is 6.44. The Morgan fingerprint density at radius 1 is 0.933 bits per heavy atom. The van der Waals surface area contributed by atoms with Gasteiger partial charge >= 0.3 is 18.1 Å². The minimum Gasteiger partial charge on any atom is -0.489 e. The molecule has 0 aromatic heterocycles. The summed E-state index contributed by atoms with van der Waals surface area (Å²) in [4.78, 5) is 19.3. The van der Waals surface area contributed by atoms with Crippen LogP contribution in [-0.4, -0.2) is 41.4 Å². The molecule has 0 saturated carbocycles. The van der Waals surface area contributed by atoms with Gasteiger partial charge in [0.1, 0.15) is 12.4 Å². The summed E-state index contributed by atoms with van der Waals surface area (Å²) < 4.78 is 37.5. The van der Waals surface area contributed by atoms with E-state index in [0.29, 0.717) is 13.2 Å². The van der Waals surface area contributed by atoms with E-state index in [4.69, 9.17) is 31.3 Å². The number of aliphatic carboxylic acids is 2. The zero-order valence-electron chi connectivity index (χ0n) is 15.8. The van der Waals surface area contributed by atoms with Crippen LogP contribution in [0.4, 0.5) is 13.2 Å². The predicted molar refractivity (Wildman–Crippen MR) is 105 cm³/mol. The van der Waals surface area contributed by atoms with Gasteiger partial charge in [-0.2, -0.15) is 13.2 Å². The topological polar surface area (TPSA) is 95.9 Å². The van der Waals surface area contributed by atoms with Crippen LogP contribution in [0.25, 0.3) is 0 Å².